The van der Waals surface area contributed by atoms with Gasteiger partial charge in [0.25, 0.3) is 0 Å². The third-order valence-electron chi connectivity index (χ3n) is 4.40. The van der Waals surface area contributed by atoms with Gasteiger partial charge in [-0.05, 0) is 37.4 Å². The molecule has 122 valence electrons. The van der Waals surface area contributed by atoms with Crippen molar-refractivity contribution in [2.45, 2.75) is 39.3 Å². The van der Waals surface area contributed by atoms with Crippen molar-refractivity contribution >= 4 is 6.09 Å². The average Bonchev–Trinajstić information content (AvgIpc) is 3.03. The van der Waals surface area contributed by atoms with Crippen LogP contribution in [0.3, 0.4) is 0 Å². The van der Waals surface area contributed by atoms with E-state index in [-0.39, 0.29) is 12.1 Å². The van der Waals surface area contributed by atoms with E-state index in [1.165, 1.54) is 12.8 Å². The van der Waals surface area contributed by atoms with Crippen molar-refractivity contribution in [3.63, 3.8) is 0 Å². The number of rotatable bonds is 6. The van der Waals surface area contributed by atoms with E-state index in [1.54, 1.807) is 4.90 Å². The summed E-state index contributed by atoms with van der Waals surface area (Å²) in [7, 11) is 1.86. The van der Waals surface area contributed by atoms with E-state index in [9.17, 15) is 4.79 Å². The third-order valence-corrected chi connectivity index (χ3v) is 4.40. The lowest BCUT2D eigenvalue weighted by atomic mass is 10.0. The first kappa shape index (κ1) is 16.8. The van der Waals surface area contributed by atoms with Gasteiger partial charge in [-0.2, -0.15) is 0 Å². The fourth-order valence-electron chi connectivity index (χ4n) is 2.97. The molecule has 0 N–H and O–H groups in total. The summed E-state index contributed by atoms with van der Waals surface area (Å²) in [5.41, 5.74) is 1.02. The standard InChI is InChI=1S/C18H28N2O2/c1-15(2)17(13-20-11-7-8-12-20)19(3)18(21)22-14-16-9-5-4-6-10-16/h4-6,9-10,15,17H,7-8,11-14H2,1-3H3/t17-/m0/s1. The fraction of sp³-hybridized carbons (Fsp3) is 0.611. The topological polar surface area (TPSA) is 32.8 Å². The molecule has 1 aliphatic heterocycles. The van der Waals surface area contributed by atoms with E-state index in [4.69, 9.17) is 4.74 Å². The summed E-state index contributed by atoms with van der Waals surface area (Å²) in [5, 5.41) is 0. The van der Waals surface area contributed by atoms with E-state index >= 15 is 0 Å². The van der Waals surface area contributed by atoms with Crippen molar-refractivity contribution in [2.75, 3.05) is 26.7 Å². The van der Waals surface area contributed by atoms with Crippen molar-refractivity contribution in [3.05, 3.63) is 35.9 Å². The second-order valence-corrected chi connectivity index (χ2v) is 6.47. The highest BCUT2D eigenvalue weighted by molar-refractivity contribution is 5.67. The maximum Gasteiger partial charge on any atom is 0.410 e. The quantitative estimate of drug-likeness (QED) is 0.808. The molecule has 1 fully saturated rings. The summed E-state index contributed by atoms with van der Waals surface area (Å²) in [4.78, 5) is 16.5. The minimum atomic E-state index is -0.234. The van der Waals surface area contributed by atoms with Gasteiger partial charge in [0.05, 0.1) is 0 Å². The van der Waals surface area contributed by atoms with Gasteiger partial charge in [0.15, 0.2) is 0 Å². The van der Waals surface area contributed by atoms with Crippen molar-refractivity contribution in [2.24, 2.45) is 5.92 Å². The van der Waals surface area contributed by atoms with Gasteiger partial charge in [0, 0.05) is 19.6 Å². The summed E-state index contributed by atoms with van der Waals surface area (Å²) in [6.45, 7) is 7.91. The Hall–Kier alpha value is -1.55. The lowest BCUT2D eigenvalue weighted by Gasteiger charge is -2.33. The molecular weight excluding hydrogens is 276 g/mol. The second-order valence-electron chi connectivity index (χ2n) is 6.47. The third kappa shape index (κ3) is 4.73. The molecule has 4 nitrogen and oxygen atoms in total. The number of likely N-dealkylation sites (tertiary alicyclic amines) is 1. The number of amides is 1. The minimum Gasteiger partial charge on any atom is -0.445 e. The molecule has 1 aliphatic rings. The van der Waals surface area contributed by atoms with Gasteiger partial charge in [0.1, 0.15) is 6.61 Å². The molecule has 0 aliphatic carbocycles. The zero-order chi connectivity index (χ0) is 15.9. The molecule has 2 rings (SSSR count). The molecule has 0 aromatic heterocycles. The van der Waals surface area contributed by atoms with Crippen LogP contribution in [0.4, 0.5) is 4.79 Å². The molecule has 1 aromatic rings. The van der Waals surface area contributed by atoms with Crippen LogP contribution in [-0.2, 0) is 11.3 Å². The van der Waals surface area contributed by atoms with Gasteiger partial charge in [0.2, 0.25) is 0 Å². The predicted octanol–water partition coefficient (Wildman–Crippen LogP) is 3.38. The van der Waals surface area contributed by atoms with Gasteiger partial charge in [-0.25, -0.2) is 4.79 Å². The maximum atomic E-state index is 12.3. The molecule has 1 saturated heterocycles. The maximum absolute atomic E-state index is 12.3. The molecule has 1 amide bonds. The van der Waals surface area contributed by atoms with Gasteiger partial charge >= 0.3 is 6.09 Å². The lowest BCUT2D eigenvalue weighted by molar-refractivity contribution is 0.0727. The Balaban J connectivity index is 1.88. The van der Waals surface area contributed by atoms with Gasteiger partial charge in [-0.15, -0.1) is 0 Å². The molecule has 1 aromatic carbocycles. The molecular formula is C18H28N2O2. The summed E-state index contributed by atoms with van der Waals surface area (Å²) in [6, 6.07) is 10.0. The molecule has 1 heterocycles. The van der Waals surface area contributed by atoms with E-state index in [0.717, 1.165) is 25.2 Å². The molecule has 0 saturated carbocycles. The first-order valence-electron chi connectivity index (χ1n) is 8.24. The predicted molar refractivity (Wildman–Crippen MR) is 88.7 cm³/mol. The SMILES string of the molecule is CC(C)[C@H](CN1CCCC1)N(C)C(=O)OCc1ccccc1. The minimum absolute atomic E-state index is 0.196. The number of carbonyl (C=O) groups excluding carboxylic acids is 1. The van der Waals surface area contributed by atoms with Crippen LogP contribution in [0.25, 0.3) is 0 Å². The highest BCUT2D eigenvalue weighted by Crippen LogP contribution is 2.16. The van der Waals surface area contributed by atoms with Crippen molar-refractivity contribution in [3.8, 4) is 0 Å². The summed E-state index contributed by atoms with van der Waals surface area (Å²) < 4.78 is 5.45. The number of likely N-dealkylation sites (N-methyl/N-ethyl adjacent to an activating group) is 1. The van der Waals surface area contributed by atoms with Crippen molar-refractivity contribution < 1.29 is 9.53 Å². The first-order chi connectivity index (χ1) is 10.6. The Bertz CT molecular complexity index is 455. The van der Waals surface area contributed by atoms with E-state index in [0.29, 0.717) is 12.5 Å². The Morgan fingerprint density at radius 2 is 1.86 bits per heavy atom. The summed E-state index contributed by atoms with van der Waals surface area (Å²) in [5.74, 6) is 0.412. The Morgan fingerprint density at radius 3 is 2.45 bits per heavy atom. The second kappa shape index (κ2) is 8.18. The monoisotopic (exact) mass is 304 g/mol. The van der Waals surface area contributed by atoms with Crippen molar-refractivity contribution in [1.29, 1.82) is 0 Å². The normalized spacial score (nSPS) is 16.7. The average molecular weight is 304 g/mol. The number of hydrogen-bond acceptors (Lipinski definition) is 3. The number of benzene rings is 1. The van der Waals surface area contributed by atoms with Crippen LogP contribution in [0.1, 0.15) is 32.3 Å². The van der Waals surface area contributed by atoms with E-state index < -0.39 is 0 Å². The Morgan fingerprint density at radius 1 is 1.23 bits per heavy atom. The fourth-order valence-corrected chi connectivity index (χ4v) is 2.97. The van der Waals surface area contributed by atoms with Crippen LogP contribution in [-0.4, -0.2) is 48.6 Å². The van der Waals surface area contributed by atoms with Crippen LogP contribution in [0.15, 0.2) is 30.3 Å². The van der Waals surface area contributed by atoms with E-state index in [1.807, 2.05) is 37.4 Å². The summed E-state index contributed by atoms with van der Waals surface area (Å²) >= 11 is 0. The molecule has 0 unspecified atom stereocenters. The van der Waals surface area contributed by atoms with Crippen LogP contribution in [0, 0.1) is 5.92 Å². The molecule has 1 atom stereocenters. The number of nitrogens with zero attached hydrogens (tertiary/aromatic N) is 2. The summed E-state index contributed by atoms with van der Waals surface area (Å²) in [6.07, 6.45) is 2.31. The van der Waals surface area contributed by atoms with Crippen LogP contribution < -0.4 is 0 Å². The number of hydrogen-bond donors (Lipinski definition) is 0. The lowest BCUT2D eigenvalue weighted by Crippen LogP contribution is -2.47. The van der Waals surface area contributed by atoms with Gasteiger partial charge < -0.3 is 14.5 Å². The van der Waals surface area contributed by atoms with Gasteiger partial charge in [-0.3, -0.25) is 0 Å². The zero-order valence-electron chi connectivity index (χ0n) is 14.0. The van der Waals surface area contributed by atoms with Crippen LogP contribution >= 0.6 is 0 Å². The molecule has 0 spiro atoms. The molecule has 0 radical (unpaired) electrons. The smallest absolute Gasteiger partial charge is 0.410 e. The highest BCUT2D eigenvalue weighted by atomic mass is 16.6. The van der Waals surface area contributed by atoms with Crippen molar-refractivity contribution in [1.82, 2.24) is 9.80 Å². The zero-order valence-corrected chi connectivity index (χ0v) is 14.0. The van der Waals surface area contributed by atoms with Crippen LogP contribution in [0.5, 0.6) is 0 Å². The Kier molecular flexibility index (Phi) is 6.25. The number of carbonyl (C=O) groups is 1. The number of ether oxygens (including phenoxy) is 1. The largest absolute Gasteiger partial charge is 0.445 e. The first-order valence-corrected chi connectivity index (χ1v) is 8.24. The molecule has 0 bridgehead atoms. The molecule has 4 heteroatoms. The van der Waals surface area contributed by atoms with Gasteiger partial charge in [-0.1, -0.05) is 44.2 Å². The molecule has 22 heavy (non-hydrogen) atoms. The Labute approximate surface area is 134 Å². The highest BCUT2D eigenvalue weighted by Gasteiger charge is 2.27. The van der Waals surface area contributed by atoms with E-state index in [2.05, 4.69) is 18.7 Å². The van der Waals surface area contributed by atoms with Crippen LogP contribution in [0.2, 0.25) is 0 Å².